The smallest absolute Gasteiger partial charge is 0.181 e. The number of phenolic OH excluding ortho intramolecular Hbond substituents is 1. The highest BCUT2D eigenvalue weighted by molar-refractivity contribution is 6.05. The second-order valence-electron chi connectivity index (χ2n) is 6.86. The van der Waals surface area contributed by atoms with Crippen molar-refractivity contribution in [2.75, 3.05) is 13.6 Å². The zero-order valence-corrected chi connectivity index (χ0v) is 12.2. The summed E-state index contributed by atoms with van der Waals surface area (Å²) in [6, 6.07) is 3.01. The van der Waals surface area contributed by atoms with Gasteiger partial charge in [-0.05, 0) is 32.1 Å². The van der Waals surface area contributed by atoms with Crippen LogP contribution >= 0.6 is 0 Å². The molecule has 5 unspecified atom stereocenters. The first kappa shape index (κ1) is 12.7. The molecule has 5 atom stereocenters. The average Bonchev–Trinajstić information content (AvgIpc) is 2.85. The first-order valence-electron chi connectivity index (χ1n) is 7.69. The molecular formula is C17H17NO4. The van der Waals surface area contributed by atoms with Crippen LogP contribution in [0.4, 0.5) is 0 Å². The Bertz CT molecular complexity index is 742. The zero-order chi connectivity index (χ0) is 15.2. The minimum atomic E-state index is -0.715. The fraction of sp³-hybridized carbons (Fsp3) is 0.471. The lowest BCUT2D eigenvalue weighted by Gasteiger charge is -2.55. The number of hydrogen-bond acceptors (Lipinski definition) is 5. The highest BCUT2D eigenvalue weighted by atomic mass is 16.5. The molecule has 2 N–H and O–H groups in total. The lowest BCUT2D eigenvalue weighted by atomic mass is 9.53. The van der Waals surface area contributed by atoms with Crippen LogP contribution in [0.1, 0.15) is 22.3 Å². The zero-order valence-electron chi connectivity index (χ0n) is 12.2. The summed E-state index contributed by atoms with van der Waals surface area (Å²) in [5.74, 6) is 0.525. The predicted octanol–water partition coefficient (Wildman–Crippen LogP) is 0.838. The van der Waals surface area contributed by atoms with Crippen molar-refractivity contribution in [3.8, 4) is 11.5 Å². The summed E-state index contributed by atoms with van der Waals surface area (Å²) >= 11 is 0. The summed E-state index contributed by atoms with van der Waals surface area (Å²) < 4.78 is 5.98. The predicted molar refractivity (Wildman–Crippen MR) is 78.2 cm³/mol. The van der Waals surface area contributed by atoms with Gasteiger partial charge < -0.3 is 14.9 Å². The van der Waals surface area contributed by atoms with Crippen LogP contribution in [0, 0.1) is 5.92 Å². The maximum Gasteiger partial charge on any atom is 0.181 e. The van der Waals surface area contributed by atoms with Gasteiger partial charge in [0.05, 0.1) is 6.04 Å². The van der Waals surface area contributed by atoms with E-state index in [-0.39, 0.29) is 23.5 Å². The summed E-state index contributed by atoms with van der Waals surface area (Å²) in [5.41, 5.74) is 1.06. The molecule has 4 aliphatic rings. The van der Waals surface area contributed by atoms with Gasteiger partial charge >= 0.3 is 0 Å². The van der Waals surface area contributed by atoms with Crippen LogP contribution in [0.15, 0.2) is 24.3 Å². The van der Waals surface area contributed by atoms with Crippen molar-refractivity contribution in [3.05, 3.63) is 35.4 Å². The Balaban J connectivity index is 1.89. The Kier molecular flexibility index (Phi) is 2.15. The van der Waals surface area contributed by atoms with Gasteiger partial charge in [-0.2, -0.15) is 0 Å². The number of Topliss-reactive ketones (excluding diaryl/α,β-unsaturated/α-hetero) is 1. The van der Waals surface area contributed by atoms with Gasteiger partial charge in [0.1, 0.15) is 12.2 Å². The fourth-order valence-electron chi connectivity index (χ4n) is 5.09. The molecule has 1 spiro atoms. The van der Waals surface area contributed by atoms with E-state index in [1.54, 1.807) is 12.1 Å². The molecule has 1 fully saturated rings. The first-order chi connectivity index (χ1) is 10.6. The molecule has 0 amide bonds. The van der Waals surface area contributed by atoms with Crippen molar-refractivity contribution < 1.29 is 19.7 Å². The molecule has 5 rings (SSSR count). The van der Waals surface area contributed by atoms with Crippen molar-refractivity contribution in [1.29, 1.82) is 0 Å². The molecule has 114 valence electrons. The first-order valence-corrected chi connectivity index (χ1v) is 7.69. The Hall–Kier alpha value is -1.85. The monoisotopic (exact) mass is 299 g/mol. The number of piperidine rings is 1. The van der Waals surface area contributed by atoms with Crippen LogP contribution in [0.5, 0.6) is 11.5 Å². The molecule has 5 heteroatoms. The number of phenols is 1. The molecule has 0 aromatic heterocycles. The van der Waals surface area contributed by atoms with Gasteiger partial charge in [-0.3, -0.25) is 9.69 Å². The number of hydrogen-bond donors (Lipinski definition) is 2. The lowest BCUT2D eigenvalue weighted by Crippen LogP contribution is -2.66. The highest BCUT2D eigenvalue weighted by Gasteiger charge is 2.66. The van der Waals surface area contributed by atoms with E-state index in [0.717, 1.165) is 18.5 Å². The average molecular weight is 299 g/mol. The second-order valence-corrected chi connectivity index (χ2v) is 6.86. The van der Waals surface area contributed by atoms with E-state index in [9.17, 15) is 15.0 Å². The van der Waals surface area contributed by atoms with E-state index in [4.69, 9.17) is 4.74 Å². The van der Waals surface area contributed by atoms with Gasteiger partial charge in [0.15, 0.2) is 17.3 Å². The van der Waals surface area contributed by atoms with Gasteiger partial charge in [0, 0.05) is 22.5 Å². The molecule has 2 aliphatic heterocycles. The van der Waals surface area contributed by atoms with Crippen LogP contribution in [0.2, 0.25) is 0 Å². The summed E-state index contributed by atoms with van der Waals surface area (Å²) in [6.45, 7) is 0.780. The molecule has 0 saturated carbocycles. The molecule has 1 aromatic carbocycles. The number of rotatable bonds is 0. The van der Waals surface area contributed by atoms with Crippen molar-refractivity contribution in [1.82, 2.24) is 4.90 Å². The largest absolute Gasteiger partial charge is 0.504 e. The van der Waals surface area contributed by atoms with Crippen molar-refractivity contribution in [2.45, 2.75) is 30.1 Å². The number of ether oxygens (including phenoxy) is 1. The van der Waals surface area contributed by atoms with Gasteiger partial charge in [-0.15, -0.1) is 0 Å². The van der Waals surface area contributed by atoms with Crippen molar-refractivity contribution in [2.24, 2.45) is 5.92 Å². The molecule has 1 saturated heterocycles. The highest BCUT2D eigenvalue weighted by Crippen LogP contribution is 2.62. The van der Waals surface area contributed by atoms with Gasteiger partial charge in [-0.25, -0.2) is 0 Å². The maximum atomic E-state index is 13.0. The summed E-state index contributed by atoms with van der Waals surface area (Å²) in [4.78, 5) is 15.1. The number of benzene rings is 1. The number of likely N-dealkylation sites (N-methyl/N-ethyl adjacent to an activating group) is 1. The summed E-state index contributed by atoms with van der Waals surface area (Å²) in [6.07, 6.45) is 3.39. The standard InChI is InChI=1S/C17H17NO4/c1-18-7-6-17-9-3-5-11(20)16(17)22-15-10(19)4-2-8(12(15)17)14(21)13(9)18/h2-5,9,11,13,16,19-20H,6-7H2,1H3. The molecule has 2 bridgehead atoms. The van der Waals surface area contributed by atoms with Crippen molar-refractivity contribution in [3.63, 3.8) is 0 Å². The van der Waals surface area contributed by atoms with E-state index in [1.807, 2.05) is 13.1 Å². The molecular weight excluding hydrogens is 282 g/mol. The number of ketones is 1. The quantitative estimate of drug-likeness (QED) is 0.695. The Labute approximate surface area is 127 Å². The third kappa shape index (κ3) is 1.15. The van der Waals surface area contributed by atoms with Crippen LogP contribution in [-0.2, 0) is 5.41 Å². The number of carbonyl (C=O) groups excluding carboxylic acids is 1. The van der Waals surface area contributed by atoms with E-state index < -0.39 is 17.6 Å². The third-order valence-corrected chi connectivity index (χ3v) is 6.00. The number of nitrogens with zero attached hydrogens (tertiary/aromatic N) is 1. The topological polar surface area (TPSA) is 70.0 Å². The number of aromatic hydroxyl groups is 1. The number of carbonyl (C=O) groups is 1. The molecule has 5 nitrogen and oxygen atoms in total. The molecule has 1 aromatic rings. The summed E-state index contributed by atoms with van der Waals surface area (Å²) in [7, 11) is 1.98. The van der Waals surface area contributed by atoms with E-state index in [1.165, 1.54) is 6.07 Å². The minimum Gasteiger partial charge on any atom is -0.504 e. The number of aliphatic hydroxyl groups is 1. The van der Waals surface area contributed by atoms with Crippen LogP contribution in [-0.4, -0.2) is 52.7 Å². The minimum absolute atomic E-state index is 0.0114. The number of likely N-dealkylation sites (tertiary alicyclic amines) is 1. The Morgan fingerprint density at radius 3 is 3.00 bits per heavy atom. The summed E-state index contributed by atoms with van der Waals surface area (Å²) in [5, 5.41) is 20.6. The molecule has 22 heavy (non-hydrogen) atoms. The van der Waals surface area contributed by atoms with Gasteiger partial charge in [0.2, 0.25) is 0 Å². The fourth-order valence-corrected chi connectivity index (χ4v) is 5.09. The van der Waals surface area contributed by atoms with Crippen molar-refractivity contribution >= 4 is 5.78 Å². The SMILES string of the molecule is CN1CCC23c4c5ccc(O)c4OC2C(O)C=CC3C1C5=O. The van der Waals surface area contributed by atoms with Gasteiger partial charge in [0.25, 0.3) is 0 Å². The number of aliphatic hydroxyl groups excluding tert-OH is 1. The Morgan fingerprint density at radius 2 is 2.18 bits per heavy atom. The van der Waals surface area contributed by atoms with Crippen LogP contribution < -0.4 is 4.74 Å². The third-order valence-electron chi connectivity index (χ3n) is 6.00. The normalized spacial score (nSPS) is 41.3. The van der Waals surface area contributed by atoms with Crippen LogP contribution in [0.3, 0.4) is 0 Å². The molecule has 2 aliphatic carbocycles. The Morgan fingerprint density at radius 1 is 1.36 bits per heavy atom. The van der Waals surface area contributed by atoms with Gasteiger partial charge in [-0.1, -0.05) is 12.2 Å². The lowest BCUT2D eigenvalue weighted by molar-refractivity contribution is -0.0386. The molecule has 0 radical (unpaired) electrons. The van der Waals surface area contributed by atoms with E-state index in [2.05, 4.69) is 4.90 Å². The van der Waals surface area contributed by atoms with E-state index >= 15 is 0 Å². The second kappa shape index (κ2) is 3.73. The van der Waals surface area contributed by atoms with E-state index in [0.29, 0.717) is 11.3 Å². The maximum absolute atomic E-state index is 13.0. The van der Waals surface area contributed by atoms with Crippen LogP contribution in [0.25, 0.3) is 0 Å². The molecule has 2 heterocycles.